The first-order valence-corrected chi connectivity index (χ1v) is 18.2. The van der Waals surface area contributed by atoms with E-state index >= 15 is 0 Å². The van der Waals surface area contributed by atoms with E-state index < -0.39 is 27.0 Å². The molecule has 1 aromatic heterocycles. The lowest BCUT2D eigenvalue weighted by molar-refractivity contribution is -0.122. The Balaban J connectivity index is 1.15. The Morgan fingerprint density at radius 2 is 1.89 bits per heavy atom. The van der Waals surface area contributed by atoms with E-state index in [1.807, 2.05) is 6.07 Å². The van der Waals surface area contributed by atoms with Gasteiger partial charge in [0.25, 0.3) is 0 Å². The number of anilines is 1. The molecule has 1 fully saturated rings. The Bertz CT molecular complexity index is 1760. The zero-order chi connectivity index (χ0) is 33.3. The van der Waals surface area contributed by atoms with Crippen LogP contribution in [0.1, 0.15) is 67.4 Å². The third-order valence-corrected chi connectivity index (χ3v) is 12.9. The lowest BCUT2D eigenvalue weighted by atomic mass is 9.69. The van der Waals surface area contributed by atoms with Crippen LogP contribution < -0.4 is 15.0 Å². The average Bonchev–Trinajstić information content (AvgIpc) is 3.19. The maximum atomic E-state index is 13.0. The van der Waals surface area contributed by atoms with Crippen molar-refractivity contribution in [3.8, 4) is 5.75 Å². The predicted molar refractivity (Wildman–Crippen MR) is 179 cm³/mol. The largest absolute Gasteiger partial charge is 0.490 e. The Labute approximate surface area is 280 Å². The van der Waals surface area contributed by atoms with Crippen LogP contribution >= 0.6 is 11.6 Å². The van der Waals surface area contributed by atoms with Crippen LogP contribution in [-0.2, 0) is 26.5 Å². The van der Waals surface area contributed by atoms with E-state index in [0.29, 0.717) is 32.0 Å². The van der Waals surface area contributed by atoms with Crippen LogP contribution in [-0.4, -0.2) is 66.9 Å². The number of aromatic nitrogens is 2. The van der Waals surface area contributed by atoms with Gasteiger partial charge in [0.15, 0.2) is 0 Å². The molecule has 0 radical (unpaired) electrons. The molecule has 250 valence electrons. The predicted octanol–water partition coefficient (Wildman–Crippen LogP) is 5.33. The van der Waals surface area contributed by atoms with Crippen LogP contribution in [0.25, 0.3) is 0 Å². The summed E-state index contributed by atoms with van der Waals surface area (Å²) in [6.07, 6.45) is 7.74. The van der Waals surface area contributed by atoms with E-state index in [0.717, 1.165) is 42.8 Å². The molecular weight excluding hydrogens is 640 g/mol. The Morgan fingerprint density at radius 1 is 1.13 bits per heavy atom. The summed E-state index contributed by atoms with van der Waals surface area (Å²) in [4.78, 5) is 35.0. The Kier molecular flexibility index (Phi) is 9.49. The molecule has 6 rings (SSSR count). The van der Waals surface area contributed by atoms with Crippen molar-refractivity contribution in [2.75, 3.05) is 31.1 Å². The maximum Gasteiger partial charge on any atom is 0.335 e. The molecule has 2 unspecified atom stereocenters. The summed E-state index contributed by atoms with van der Waals surface area (Å²) in [5.74, 6) is -0.390. The molecule has 10 nitrogen and oxygen atoms in total. The average molecular weight is 681 g/mol. The number of benzene rings is 2. The number of hydrogen-bond acceptors (Lipinski definition) is 8. The number of aryl methyl sites for hydroxylation is 1. The standard InChI is InChI=1S/C35H41ClN4O6S/c1-22(23(2)47(44,45)34-37-13-4-14-38-34)15-32(41)39-18-26-6-7-27(26)19-40-20-35(12-3-5-24-16-28(36)9-10-29(24)35)21-46-31-11-8-25(33(42)43)17-30(31)40/h4,8-11,13-14,16-17,22-23,26-27H,3,5-7,12,15,18-21H2,1-2H3,(H,39,41)(H,42,43)/t22?,23?,26-,27-,35-/m0/s1. The summed E-state index contributed by atoms with van der Waals surface area (Å²) in [7, 11) is -3.76. The fraction of sp³-hybridized carbons (Fsp3) is 0.486. The number of nitrogens with one attached hydrogen (secondary N) is 1. The number of hydrogen-bond donors (Lipinski definition) is 2. The number of rotatable bonds is 10. The van der Waals surface area contributed by atoms with E-state index in [1.165, 1.54) is 23.5 Å². The van der Waals surface area contributed by atoms with Gasteiger partial charge in [-0.25, -0.2) is 23.2 Å². The second-order valence-electron chi connectivity index (χ2n) is 13.5. The van der Waals surface area contributed by atoms with E-state index in [4.69, 9.17) is 16.3 Å². The quantitative estimate of drug-likeness (QED) is 0.272. The van der Waals surface area contributed by atoms with Crippen LogP contribution in [0.5, 0.6) is 5.75 Å². The number of carboxylic acid groups (broad SMARTS) is 1. The van der Waals surface area contributed by atoms with E-state index in [2.05, 4.69) is 32.3 Å². The Hall–Kier alpha value is -3.70. The van der Waals surface area contributed by atoms with Crippen molar-refractivity contribution >= 4 is 39.0 Å². The topological polar surface area (TPSA) is 139 Å². The minimum atomic E-state index is -3.76. The zero-order valence-electron chi connectivity index (χ0n) is 26.7. The van der Waals surface area contributed by atoms with Crippen LogP contribution in [0.3, 0.4) is 0 Å². The van der Waals surface area contributed by atoms with Gasteiger partial charge in [0.2, 0.25) is 20.9 Å². The van der Waals surface area contributed by atoms with Crippen molar-refractivity contribution in [2.24, 2.45) is 17.8 Å². The van der Waals surface area contributed by atoms with Gasteiger partial charge in [-0.15, -0.1) is 0 Å². The fourth-order valence-corrected chi connectivity index (χ4v) is 9.01. The van der Waals surface area contributed by atoms with Gasteiger partial charge < -0.3 is 20.1 Å². The van der Waals surface area contributed by atoms with Crippen molar-refractivity contribution in [2.45, 2.75) is 68.2 Å². The van der Waals surface area contributed by atoms with Crippen molar-refractivity contribution in [3.05, 3.63) is 76.6 Å². The summed E-state index contributed by atoms with van der Waals surface area (Å²) in [6, 6.07) is 12.8. The van der Waals surface area contributed by atoms with Crippen LogP contribution in [0.2, 0.25) is 5.02 Å². The third kappa shape index (κ3) is 6.83. The van der Waals surface area contributed by atoms with E-state index in [1.54, 1.807) is 38.1 Å². The normalized spacial score (nSPS) is 23.3. The van der Waals surface area contributed by atoms with E-state index in [9.17, 15) is 23.1 Å². The number of nitrogens with zero attached hydrogens (tertiary/aromatic N) is 3. The summed E-state index contributed by atoms with van der Waals surface area (Å²) in [5, 5.41) is 12.5. The Morgan fingerprint density at radius 3 is 2.62 bits per heavy atom. The molecule has 47 heavy (non-hydrogen) atoms. The first kappa shape index (κ1) is 33.2. The number of fused-ring (bicyclic) bond motifs is 3. The van der Waals surface area contributed by atoms with Crippen LogP contribution in [0.15, 0.2) is 60.0 Å². The second-order valence-corrected chi connectivity index (χ2v) is 16.1. The number of ether oxygens (including phenoxy) is 1. The molecule has 2 heterocycles. The molecule has 3 aliphatic rings. The van der Waals surface area contributed by atoms with Crippen molar-refractivity contribution < 1.29 is 27.9 Å². The van der Waals surface area contributed by atoms with E-state index in [-0.39, 0.29) is 40.3 Å². The molecule has 1 amide bonds. The number of aromatic carboxylic acids is 1. The molecule has 3 aromatic rings. The van der Waals surface area contributed by atoms with Crippen molar-refractivity contribution in [1.82, 2.24) is 15.3 Å². The first-order valence-electron chi connectivity index (χ1n) is 16.3. The van der Waals surface area contributed by atoms with Gasteiger partial charge >= 0.3 is 5.97 Å². The highest BCUT2D eigenvalue weighted by atomic mass is 35.5. The van der Waals surface area contributed by atoms with Gasteiger partial charge in [-0.05, 0) is 104 Å². The number of amides is 1. The molecular formula is C35H41ClN4O6S. The molecule has 2 aliphatic carbocycles. The monoisotopic (exact) mass is 680 g/mol. The van der Waals surface area contributed by atoms with Crippen molar-refractivity contribution in [3.63, 3.8) is 0 Å². The van der Waals surface area contributed by atoms with Crippen LogP contribution in [0, 0.1) is 17.8 Å². The number of sulfone groups is 1. The molecule has 12 heteroatoms. The highest BCUT2D eigenvalue weighted by molar-refractivity contribution is 7.91. The van der Waals surface area contributed by atoms with Crippen LogP contribution in [0.4, 0.5) is 5.69 Å². The highest BCUT2D eigenvalue weighted by Crippen LogP contribution is 2.46. The minimum absolute atomic E-state index is 0.0748. The maximum absolute atomic E-state index is 13.0. The first-order chi connectivity index (χ1) is 22.5. The van der Waals surface area contributed by atoms with Gasteiger partial charge in [0.05, 0.1) is 23.1 Å². The van der Waals surface area contributed by atoms with Gasteiger partial charge in [0.1, 0.15) is 5.75 Å². The second kappa shape index (κ2) is 13.4. The lowest BCUT2D eigenvalue weighted by Crippen LogP contribution is -2.49. The van der Waals surface area contributed by atoms with Crippen molar-refractivity contribution in [1.29, 1.82) is 0 Å². The van der Waals surface area contributed by atoms with Gasteiger partial charge in [-0.2, -0.15) is 0 Å². The molecule has 1 spiro atoms. The van der Waals surface area contributed by atoms with Gasteiger partial charge in [-0.1, -0.05) is 24.6 Å². The number of carbonyl (C=O) groups is 2. The molecule has 0 bridgehead atoms. The number of carbonyl (C=O) groups excluding carboxylic acids is 1. The van der Waals surface area contributed by atoms with Gasteiger partial charge in [0, 0.05) is 48.9 Å². The molecule has 2 aromatic carbocycles. The molecule has 2 N–H and O–H groups in total. The third-order valence-electron chi connectivity index (χ3n) is 10.5. The zero-order valence-corrected chi connectivity index (χ0v) is 28.3. The molecule has 1 saturated carbocycles. The summed E-state index contributed by atoms with van der Waals surface area (Å²) < 4.78 is 32.4. The lowest BCUT2D eigenvalue weighted by Gasteiger charge is -2.44. The molecule has 1 aliphatic heterocycles. The molecule has 5 atom stereocenters. The summed E-state index contributed by atoms with van der Waals surface area (Å²) in [6.45, 7) is 5.72. The number of carboxylic acids is 1. The minimum Gasteiger partial charge on any atom is -0.490 e. The summed E-state index contributed by atoms with van der Waals surface area (Å²) >= 11 is 6.38. The molecule has 0 saturated heterocycles. The van der Waals surface area contributed by atoms with Gasteiger partial charge in [-0.3, -0.25) is 4.79 Å². The number of halogens is 1. The highest BCUT2D eigenvalue weighted by Gasteiger charge is 2.43. The smallest absolute Gasteiger partial charge is 0.335 e. The SMILES string of the molecule is CC(CC(=O)NC[C@@H]1CC[C@H]1CN1C[C@@]2(CCCc3cc(Cl)ccc32)COc2ccc(C(=O)O)cc21)C(C)S(=O)(=O)c1ncccn1. The fourth-order valence-electron chi connectivity index (χ4n) is 7.36. The summed E-state index contributed by atoms with van der Waals surface area (Å²) in [5.41, 5.74) is 3.20.